The molecule has 0 aliphatic rings. The van der Waals surface area contributed by atoms with Crippen molar-refractivity contribution in [1.82, 2.24) is 0 Å². The Bertz CT molecular complexity index is 119. The fourth-order valence-electron chi connectivity index (χ4n) is 0.109. The SMILES string of the molecule is O=C(O)C#CCI. The number of carboxylic acids is 1. The maximum atomic E-state index is 9.58. The molecule has 7 heavy (non-hydrogen) atoms. The maximum Gasteiger partial charge on any atom is 0.381 e. The van der Waals surface area contributed by atoms with Gasteiger partial charge in [0.2, 0.25) is 0 Å². The van der Waals surface area contributed by atoms with E-state index in [9.17, 15) is 4.79 Å². The Labute approximate surface area is 55.1 Å². The first kappa shape index (κ1) is 6.76. The van der Waals surface area contributed by atoms with Crippen molar-refractivity contribution in [2.45, 2.75) is 0 Å². The van der Waals surface area contributed by atoms with Crippen molar-refractivity contribution in [3.05, 3.63) is 0 Å². The Morgan fingerprint density at radius 2 is 2.43 bits per heavy atom. The molecule has 0 atom stereocenters. The van der Waals surface area contributed by atoms with E-state index in [0.717, 1.165) is 0 Å². The summed E-state index contributed by atoms with van der Waals surface area (Å²) in [5, 5.41) is 7.87. The van der Waals surface area contributed by atoms with Gasteiger partial charge in [0.1, 0.15) is 0 Å². The fourth-order valence-corrected chi connectivity index (χ4v) is 0.300. The van der Waals surface area contributed by atoms with Crippen LogP contribution < -0.4 is 0 Å². The van der Waals surface area contributed by atoms with Gasteiger partial charge in [-0.15, -0.1) is 0 Å². The minimum Gasteiger partial charge on any atom is -0.472 e. The highest BCUT2D eigenvalue weighted by molar-refractivity contribution is 14.1. The summed E-state index contributed by atoms with van der Waals surface area (Å²) in [5.41, 5.74) is 0. The van der Waals surface area contributed by atoms with Crippen LogP contribution in [0.2, 0.25) is 0 Å². The van der Waals surface area contributed by atoms with Crippen molar-refractivity contribution < 1.29 is 9.90 Å². The number of carbonyl (C=O) groups is 1. The molecule has 0 aromatic rings. The van der Waals surface area contributed by atoms with Crippen LogP contribution >= 0.6 is 22.6 Å². The monoisotopic (exact) mass is 210 g/mol. The van der Waals surface area contributed by atoms with Crippen LogP contribution in [0.5, 0.6) is 0 Å². The largest absolute Gasteiger partial charge is 0.472 e. The Morgan fingerprint density at radius 3 is 2.57 bits per heavy atom. The molecule has 0 bridgehead atoms. The van der Waals surface area contributed by atoms with E-state index in [2.05, 4.69) is 5.92 Å². The number of aliphatic carboxylic acids is 1. The van der Waals surface area contributed by atoms with E-state index < -0.39 is 5.97 Å². The van der Waals surface area contributed by atoms with Gasteiger partial charge in [-0.3, -0.25) is 0 Å². The summed E-state index contributed by atoms with van der Waals surface area (Å²) >= 11 is 1.98. The van der Waals surface area contributed by atoms with E-state index in [1.54, 1.807) is 0 Å². The van der Waals surface area contributed by atoms with E-state index in [1.807, 2.05) is 28.5 Å². The van der Waals surface area contributed by atoms with Crippen LogP contribution in [-0.4, -0.2) is 15.5 Å². The van der Waals surface area contributed by atoms with E-state index in [1.165, 1.54) is 0 Å². The number of halogens is 1. The number of carboxylic acid groups (broad SMARTS) is 1. The molecule has 0 amide bonds. The van der Waals surface area contributed by atoms with Gasteiger partial charge in [0.15, 0.2) is 0 Å². The second kappa shape index (κ2) is 3.93. The first-order valence-corrected chi connectivity index (χ1v) is 3.07. The van der Waals surface area contributed by atoms with Crippen LogP contribution in [-0.2, 0) is 4.79 Å². The molecule has 0 unspecified atom stereocenters. The number of rotatable bonds is 0. The van der Waals surface area contributed by atoms with Crippen LogP contribution in [0.3, 0.4) is 0 Å². The average Bonchev–Trinajstić information content (AvgIpc) is 1.61. The third-order valence-electron chi connectivity index (χ3n) is 0.262. The highest BCUT2D eigenvalue weighted by atomic mass is 127. The molecule has 1 N–H and O–H groups in total. The Kier molecular flexibility index (Phi) is 3.80. The quantitative estimate of drug-likeness (QED) is 0.359. The molecule has 0 rings (SSSR count). The lowest BCUT2D eigenvalue weighted by atomic mass is 10.6. The molecule has 0 heterocycles. The Hall–Kier alpha value is -0.240. The molecule has 2 nitrogen and oxygen atoms in total. The van der Waals surface area contributed by atoms with Crippen molar-refractivity contribution in [1.29, 1.82) is 0 Å². The normalized spacial score (nSPS) is 6.43. The van der Waals surface area contributed by atoms with Crippen molar-refractivity contribution in [3.8, 4) is 11.8 Å². The Morgan fingerprint density at radius 1 is 1.86 bits per heavy atom. The van der Waals surface area contributed by atoms with Gasteiger partial charge in [-0.05, 0) is 0 Å². The highest BCUT2D eigenvalue weighted by Gasteiger charge is 1.78. The average molecular weight is 210 g/mol. The van der Waals surface area contributed by atoms with Gasteiger partial charge >= 0.3 is 5.97 Å². The number of hydrogen-bond donors (Lipinski definition) is 1. The summed E-state index contributed by atoms with van der Waals surface area (Å²) in [4.78, 5) is 9.58. The van der Waals surface area contributed by atoms with Crippen LogP contribution in [0.25, 0.3) is 0 Å². The molecule has 38 valence electrons. The minimum atomic E-state index is -1.06. The van der Waals surface area contributed by atoms with E-state index in [0.29, 0.717) is 4.43 Å². The Balaban J connectivity index is 3.45. The molecule has 0 radical (unpaired) electrons. The van der Waals surface area contributed by atoms with Crippen molar-refractivity contribution in [3.63, 3.8) is 0 Å². The fraction of sp³-hybridized carbons (Fsp3) is 0.250. The summed E-state index contributed by atoms with van der Waals surface area (Å²) in [6.07, 6.45) is 0. The van der Waals surface area contributed by atoms with Gasteiger partial charge in [-0.1, -0.05) is 28.5 Å². The van der Waals surface area contributed by atoms with Gasteiger partial charge in [-0.25, -0.2) is 4.79 Å². The molecule has 0 aromatic heterocycles. The molecule has 0 aliphatic heterocycles. The van der Waals surface area contributed by atoms with Gasteiger partial charge < -0.3 is 5.11 Å². The van der Waals surface area contributed by atoms with E-state index in [-0.39, 0.29) is 0 Å². The van der Waals surface area contributed by atoms with Crippen molar-refractivity contribution in [2.75, 3.05) is 4.43 Å². The third kappa shape index (κ3) is 5.76. The van der Waals surface area contributed by atoms with Crippen LogP contribution in [0.4, 0.5) is 0 Å². The van der Waals surface area contributed by atoms with E-state index >= 15 is 0 Å². The smallest absolute Gasteiger partial charge is 0.381 e. The predicted octanol–water partition coefficient (Wildman–Crippen LogP) is 0.509. The van der Waals surface area contributed by atoms with E-state index in [4.69, 9.17) is 5.11 Å². The molecular weight excluding hydrogens is 207 g/mol. The topological polar surface area (TPSA) is 37.3 Å². The summed E-state index contributed by atoms with van der Waals surface area (Å²) in [6, 6.07) is 0. The molecule has 0 aromatic carbocycles. The molecule has 0 saturated heterocycles. The maximum absolute atomic E-state index is 9.58. The molecule has 3 heteroatoms. The van der Waals surface area contributed by atoms with Crippen LogP contribution in [0.1, 0.15) is 0 Å². The molecular formula is C4H3IO2. The summed E-state index contributed by atoms with van der Waals surface area (Å²) in [5.74, 6) is 3.28. The van der Waals surface area contributed by atoms with Gasteiger partial charge in [0.25, 0.3) is 0 Å². The highest BCUT2D eigenvalue weighted by Crippen LogP contribution is 1.73. The number of alkyl halides is 1. The van der Waals surface area contributed by atoms with Crippen molar-refractivity contribution >= 4 is 28.6 Å². The zero-order valence-corrected chi connectivity index (χ0v) is 5.60. The molecule has 0 aliphatic carbocycles. The van der Waals surface area contributed by atoms with Gasteiger partial charge in [0, 0.05) is 5.92 Å². The van der Waals surface area contributed by atoms with Gasteiger partial charge in [0.05, 0.1) is 4.43 Å². The first-order chi connectivity index (χ1) is 3.27. The van der Waals surface area contributed by atoms with Gasteiger partial charge in [-0.2, -0.15) is 0 Å². The summed E-state index contributed by atoms with van der Waals surface area (Å²) in [6.45, 7) is 0. The van der Waals surface area contributed by atoms with Crippen LogP contribution in [0, 0.1) is 11.8 Å². The first-order valence-electron chi connectivity index (χ1n) is 1.55. The summed E-state index contributed by atoms with van der Waals surface area (Å²) < 4.78 is 0.573. The number of hydrogen-bond acceptors (Lipinski definition) is 1. The second-order valence-electron chi connectivity index (χ2n) is 0.741. The molecule has 0 fully saturated rings. The lowest BCUT2D eigenvalue weighted by molar-refractivity contribution is -0.130. The molecule has 0 saturated carbocycles. The third-order valence-corrected chi connectivity index (χ3v) is 0.644. The lowest BCUT2D eigenvalue weighted by Gasteiger charge is -1.66. The summed E-state index contributed by atoms with van der Waals surface area (Å²) in [7, 11) is 0. The predicted molar refractivity (Wildman–Crippen MR) is 34.3 cm³/mol. The molecule has 0 spiro atoms. The van der Waals surface area contributed by atoms with Crippen LogP contribution in [0.15, 0.2) is 0 Å². The standard InChI is InChI=1S/C4H3IO2/c5-3-1-2-4(6)7/h3H2,(H,6,7). The second-order valence-corrected chi connectivity index (χ2v) is 1.50. The minimum absolute atomic E-state index is 0.573. The zero-order chi connectivity index (χ0) is 5.70. The van der Waals surface area contributed by atoms with Crippen molar-refractivity contribution in [2.24, 2.45) is 0 Å². The zero-order valence-electron chi connectivity index (χ0n) is 3.44. The lowest BCUT2D eigenvalue weighted by Crippen LogP contribution is -1.85.